The Hall–Kier alpha value is 0.430. The van der Waals surface area contributed by atoms with Gasteiger partial charge >= 0.3 is 0 Å². The molecule has 1 saturated heterocycles. The summed E-state index contributed by atoms with van der Waals surface area (Å²) in [6.07, 6.45) is 6.08. The molecule has 0 aliphatic carbocycles. The molecule has 0 nitrogen and oxygen atoms in total. The van der Waals surface area contributed by atoms with E-state index in [4.69, 9.17) is 0 Å². The first kappa shape index (κ1) is 3.61. The van der Waals surface area contributed by atoms with Crippen molar-refractivity contribution in [3.05, 3.63) is 0 Å². The molecule has 0 aromatic rings. The van der Waals surface area contributed by atoms with Crippen LogP contribution in [-0.4, -0.2) is 12.3 Å². The van der Waals surface area contributed by atoms with Crippen molar-refractivity contribution in [2.24, 2.45) is 0 Å². The molecule has 0 bridgehead atoms. The second-order valence-corrected chi connectivity index (χ2v) is 2.96. The summed E-state index contributed by atoms with van der Waals surface area (Å²) in [5.74, 6) is 0. The van der Waals surface area contributed by atoms with Crippen LogP contribution in [0, 0.1) is 0 Å². The summed E-state index contributed by atoms with van der Waals surface area (Å²) in [5, 5.41) is 0. The molecule has 1 aliphatic heterocycles. The van der Waals surface area contributed by atoms with Crippen molar-refractivity contribution in [3.63, 3.8) is 0 Å². The van der Waals surface area contributed by atoms with Crippen LogP contribution in [0.25, 0.3) is 0 Å². The van der Waals surface area contributed by atoms with Gasteiger partial charge in [0.2, 0.25) is 0 Å². The second kappa shape index (κ2) is 1.77. The third-order valence-corrected chi connectivity index (χ3v) is 2.37. The predicted molar refractivity (Wildman–Crippen MR) is 27.3 cm³/mol. The van der Waals surface area contributed by atoms with Gasteiger partial charge in [0.25, 0.3) is 0 Å². The minimum absolute atomic E-state index is 1.31. The Morgan fingerprint density at radius 1 is 1.00 bits per heavy atom. The molecular weight excluding hydrogens is 79.0 g/mol. The predicted octanol–water partition coefficient (Wildman–Crippen LogP) is 1.46. The quantitative estimate of drug-likeness (QED) is 0.393. The van der Waals surface area contributed by atoms with Crippen LogP contribution in [0.2, 0.25) is 0 Å². The van der Waals surface area contributed by atoms with Gasteiger partial charge in [0.05, 0.1) is 0 Å². The summed E-state index contributed by atoms with van der Waals surface area (Å²) in [7, 11) is 1.31. The highest BCUT2D eigenvalue weighted by molar-refractivity contribution is 7.38. The highest BCUT2D eigenvalue weighted by atomic mass is 31.1. The smallest absolute Gasteiger partial charge is 0.0353 e. The Balaban J connectivity index is 2.08. The molecule has 1 aliphatic rings. The SMILES string of the molecule is C1CCPC1. The summed E-state index contributed by atoms with van der Waals surface area (Å²) in [4.78, 5) is 0. The summed E-state index contributed by atoms with van der Waals surface area (Å²) < 4.78 is 0. The molecule has 30 valence electrons. The van der Waals surface area contributed by atoms with Crippen LogP contribution in [0.1, 0.15) is 12.8 Å². The monoisotopic (exact) mass is 88.0 g/mol. The maximum Gasteiger partial charge on any atom is -0.0353 e. The van der Waals surface area contributed by atoms with E-state index in [9.17, 15) is 0 Å². The highest BCUT2D eigenvalue weighted by Gasteiger charge is 1.94. The maximum atomic E-state index is 1.53. The van der Waals surface area contributed by atoms with Gasteiger partial charge < -0.3 is 0 Å². The standard InChI is InChI=1S/C4H9P/c1-2-4-5-3-1/h5H,1-4H2. The van der Waals surface area contributed by atoms with E-state index >= 15 is 0 Å². The molecule has 0 radical (unpaired) electrons. The fourth-order valence-corrected chi connectivity index (χ4v) is 1.87. The Morgan fingerprint density at radius 3 is 1.80 bits per heavy atom. The topological polar surface area (TPSA) is 0 Å². The molecule has 1 heterocycles. The Bertz CT molecular complexity index is 15.2. The molecule has 0 N–H and O–H groups in total. The van der Waals surface area contributed by atoms with Crippen LogP contribution >= 0.6 is 8.58 Å². The molecule has 0 unspecified atom stereocenters. The molecule has 1 rings (SSSR count). The lowest BCUT2D eigenvalue weighted by atomic mass is 10.4. The molecule has 5 heavy (non-hydrogen) atoms. The van der Waals surface area contributed by atoms with Crippen LogP contribution in [0.5, 0.6) is 0 Å². The summed E-state index contributed by atoms with van der Waals surface area (Å²) in [6, 6.07) is 0. The van der Waals surface area contributed by atoms with Crippen molar-refractivity contribution in [1.82, 2.24) is 0 Å². The Labute approximate surface area is 34.7 Å². The normalized spacial score (nSPS) is 24.0. The minimum atomic E-state index is 1.31. The maximum absolute atomic E-state index is 1.53. The lowest BCUT2D eigenvalue weighted by Gasteiger charge is -1.69. The first-order valence-electron chi connectivity index (χ1n) is 2.21. The third-order valence-electron chi connectivity index (χ3n) is 0.957. The summed E-state index contributed by atoms with van der Waals surface area (Å²) in [6.45, 7) is 0. The van der Waals surface area contributed by atoms with E-state index in [2.05, 4.69) is 0 Å². The van der Waals surface area contributed by atoms with Gasteiger partial charge in [0.1, 0.15) is 0 Å². The zero-order valence-corrected chi connectivity index (χ0v) is 4.33. The van der Waals surface area contributed by atoms with E-state index in [0.29, 0.717) is 0 Å². The van der Waals surface area contributed by atoms with E-state index in [0.717, 1.165) is 0 Å². The summed E-state index contributed by atoms with van der Waals surface area (Å²) >= 11 is 0. The van der Waals surface area contributed by atoms with Gasteiger partial charge in [-0.05, 0) is 25.2 Å². The van der Waals surface area contributed by atoms with E-state index in [-0.39, 0.29) is 0 Å². The van der Waals surface area contributed by atoms with E-state index < -0.39 is 0 Å². The van der Waals surface area contributed by atoms with Crippen molar-refractivity contribution < 1.29 is 0 Å². The average Bonchev–Trinajstić information content (AvgIpc) is 1.76. The first-order chi connectivity index (χ1) is 2.50. The molecule has 0 spiro atoms. The molecule has 0 atom stereocenters. The zero-order valence-electron chi connectivity index (χ0n) is 3.33. The van der Waals surface area contributed by atoms with Crippen LogP contribution < -0.4 is 0 Å². The van der Waals surface area contributed by atoms with Gasteiger partial charge in [-0.15, -0.1) is 8.58 Å². The fraction of sp³-hybridized carbons (Fsp3) is 1.00. The van der Waals surface area contributed by atoms with Crippen molar-refractivity contribution >= 4 is 8.58 Å². The van der Waals surface area contributed by atoms with Crippen molar-refractivity contribution in [3.8, 4) is 0 Å². The third kappa shape index (κ3) is 0.887. The van der Waals surface area contributed by atoms with Crippen LogP contribution in [0.3, 0.4) is 0 Å². The molecule has 0 aromatic heterocycles. The van der Waals surface area contributed by atoms with Crippen molar-refractivity contribution in [1.29, 1.82) is 0 Å². The molecule has 0 amide bonds. The van der Waals surface area contributed by atoms with Gasteiger partial charge in [0, 0.05) is 0 Å². The van der Waals surface area contributed by atoms with Gasteiger partial charge in [-0.1, -0.05) is 0 Å². The van der Waals surface area contributed by atoms with Gasteiger partial charge in [0.15, 0.2) is 0 Å². The molecule has 0 saturated carbocycles. The Morgan fingerprint density at radius 2 is 1.60 bits per heavy atom. The average molecular weight is 88.1 g/mol. The largest absolute Gasteiger partial charge is 0.122 e. The lowest BCUT2D eigenvalue weighted by molar-refractivity contribution is 0.949. The van der Waals surface area contributed by atoms with E-state index in [1.807, 2.05) is 0 Å². The molecule has 1 fully saturated rings. The van der Waals surface area contributed by atoms with Gasteiger partial charge in [-0.3, -0.25) is 0 Å². The fourth-order valence-electron chi connectivity index (χ4n) is 0.625. The van der Waals surface area contributed by atoms with Crippen molar-refractivity contribution in [2.45, 2.75) is 12.8 Å². The van der Waals surface area contributed by atoms with E-state index in [1.54, 1.807) is 0 Å². The van der Waals surface area contributed by atoms with Crippen LogP contribution in [0.15, 0.2) is 0 Å². The van der Waals surface area contributed by atoms with E-state index in [1.165, 1.54) is 33.7 Å². The first-order valence-corrected chi connectivity index (χ1v) is 3.62. The van der Waals surface area contributed by atoms with Crippen LogP contribution in [-0.2, 0) is 0 Å². The second-order valence-electron chi connectivity index (χ2n) is 1.46. The molecule has 0 aromatic carbocycles. The zero-order chi connectivity index (χ0) is 3.54. The lowest BCUT2D eigenvalue weighted by Crippen LogP contribution is -1.58. The Kier molecular flexibility index (Phi) is 1.28. The molecule has 1 heteroatoms. The number of hydrogen-bond donors (Lipinski definition) is 0. The van der Waals surface area contributed by atoms with Gasteiger partial charge in [-0.25, -0.2) is 0 Å². The van der Waals surface area contributed by atoms with Crippen molar-refractivity contribution in [2.75, 3.05) is 12.3 Å². The summed E-state index contributed by atoms with van der Waals surface area (Å²) in [5.41, 5.74) is 0. The molecular formula is C4H9P. The van der Waals surface area contributed by atoms with Gasteiger partial charge in [-0.2, -0.15) is 0 Å². The van der Waals surface area contributed by atoms with Crippen LogP contribution in [0.4, 0.5) is 0 Å². The number of hydrogen-bond acceptors (Lipinski definition) is 0. The minimum Gasteiger partial charge on any atom is -0.122 e. The number of rotatable bonds is 0. The highest BCUT2D eigenvalue weighted by Crippen LogP contribution is 2.21.